The highest BCUT2D eigenvalue weighted by molar-refractivity contribution is 14.0. The molecule has 0 bridgehead atoms. The van der Waals surface area contributed by atoms with Crippen molar-refractivity contribution in [3.05, 3.63) is 0 Å². The third-order valence-corrected chi connectivity index (χ3v) is 5.90. The molecule has 1 saturated heterocycles. The molecule has 7 heteroatoms. The first-order valence-electron chi connectivity index (χ1n) is 9.12. The zero-order chi connectivity index (χ0) is 16.5. The van der Waals surface area contributed by atoms with E-state index in [1.165, 1.54) is 31.4 Å². The Balaban J connectivity index is 0.00000288. The predicted molar refractivity (Wildman–Crippen MR) is 114 cm³/mol. The zero-order valence-electron chi connectivity index (χ0n) is 15.1. The van der Waals surface area contributed by atoms with Gasteiger partial charge >= 0.3 is 0 Å². The van der Waals surface area contributed by atoms with Gasteiger partial charge in [-0.2, -0.15) is 11.8 Å². The van der Waals surface area contributed by atoms with Crippen molar-refractivity contribution in [1.82, 2.24) is 10.6 Å². The van der Waals surface area contributed by atoms with E-state index in [1.54, 1.807) is 0 Å². The van der Waals surface area contributed by atoms with Crippen molar-refractivity contribution >= 4 is 41.7 Å². The van der Waals surface area contributed by atoms with E-state index < -0.39 is 5.60 Å². The van der Waals surface area contributed by atoms with E-state index >= 15 is 0 Å². The van der Waals surface area contributed by atoms with Crippen molar-refractivity contribution in [2.45, 2.75) is 69.3 Å². The van der Waals surface area contributed by atoms with Crippen LogP contribution in [0, 0.1) is 0 Å². The summed E-state index contributed by atoms with van der Waals surface area (Å²) >= 11 is 2.08. The molecule has 1 aliphatic carbocycles. The normalized spacial score (nSPS) is 27.2. The van der Waals surface area contributed by atoms with Crippen LogP contribution in [0.1, 0.15) is 52.4 Å². The van der Waals surface area contributed by atoms with Crippen LogP contribution in [0.5, 0.6) is 0 Å². The molecule has 2 rings (SSSR count). The molecule has 1 saturated carbocycles. The fraction of sp³-hybridized carbons (Fsp3) is 0.941. The van der Waals surface area contributed by atoms with Gasteiger partial charge in [-0.1, -0.05) is 13.3 Å². The Labute approximate surface area is 168 Å². The summed E-state index contributed by atoms with van der Waals surface area (Å²) in [7, 11) is 0. The average molecular weight is 471 g/mol. The molecule has 2 aliphatic rings. The molecule has 0 radical (unpaired) electrons. The molecule has 2 atom stereocenters. The maximum absolute atomic E-state index is 10.6. The SMILES string of the molecule is CCNC(=NCC1(O)CCOCC1)NC1CCCC(SCC)C1.I. The molecule has 0 amide bonds. The third-order valence-electron chi connectivity index (χ3n) is 4.67. The van der Waals surface area contributed by atoms with E-state index in [0.29, 0.717) is 38.6 Å². The number of aliphatic hydroxyl groups is 1. The Morgan fingerprint density at radius 2 is 2.04 bits per heavy atom. The first kappa shape index (κ1) is 22.3. The lowest BCUT2D eigenvalue weighted by atomic mass is 9.94. The quantitative estimate of drug-likeness (QED) is 0.316. The summed E-state index contributed by atoms with van der Waals surface area (Å²) in [4.78, 5) is 4.66. The van der Waals surface area contributed by atoms with Crippen LogP contribution >= 0.6 is 35.7 Å². The molecule has 0 aromatic rings. The van der Waals surface area contributed by atoms with Gasteiger partial charge in [0.15, 0.2) is 5.96 Å². The second-order valence-electron chi connectivity index (χ2n) is 6.62. The molecule has 1 heterocycles. The summed E-state index contributed by atoms with van der Waals surface area (Å²) in [6, 6.07) is 0.495. The van der Waals surface area contributed by atoms with E-state index in [2.05, 4.69) is 41.2 Å². The van der Waals surface area contributed by atoms with Crippen LogP contribution in [0.2, 0.25) is 0 Å². The van der Waals surface area contributed by atoms with Gasteiger partial charge in [0.1, 0.15) is 0 Å². The van der Waals surface area contributed by atoms with Crippen LogP contribution in [-0.2, 0) is 4.74 Å². The Hall–Kier alpha value is 0.270. The van der Waals surface area contributed by atoms with E-state index in [4.69, 9.17) is 4.74 Å². The molecule has 2 unspecified atom stereocenters. The minimum atomic E-state index is -0.701. The molecular weight excluding hydrogens is 437 g/mol. The van der Waals surface area contributed by atoms with Gasteiger partial charge in [-0.05, 0) is 31.9 Å². The second kappa shape index (κ2) is 11.8. The maximum Gasteiger partial charge on any atom is 0.191 e. The molecule has 0 spiro atoms. The van der Waals surface area contributed by atoms with Crippen LogP contribution in [0.4, 0.5) is 0 Å². The highest BCUT2D eigenvalue weighted by atomic mass is 127. The van der Waals surface area contributed by atoms with Gasteiger partial charge in [0.2, 0.25) is 0 Å². The highest BCUT2D eigenvalue weighted by Gasteiger charge is 2.30. The number of halogens is 1. The molecule has 0 aromatic carbocycles. The monoisotopic (exact) mass is 471 g/mol. The number of ether oxygens (including phenoxy) is 1. The molecule has 0 aromatic heterocycles. The minimum absolute atomic E-state index is 0. The molecule has 5 nitrogen and oxygen atoms in total. The predicted octanol–water partition coefficient (Wildman–Crippen LogP) is 2.77. The minimum Gasteiger partial charge on any atom is -0.388 e. The Bertz CT molecular complexity index is 377. The van der Waals surface area contributed by atoms with Crippen molar-refractivity contribution in [2.24, 2.45) is 4.99 Å². The van der Waals surface area contributed by atoms with E-state index in [0.717, 1.165) is 17.8 Å². The van der Waals surface area contributed by atoms with Crippen LogP contribution in [0.15, 0.2) is 4.99 Å². The molecule has 24 heavy (non-hydrogen) atoms. The largest absolute Gasteiger partial charge is 0.388 e. The molecule has 142 valence electrons. The fourth-order valence-electron chi connectivity index (χ4n) is 3.31. The summed E-state index contributed by atoms with van der Waals surface area (Å²) in [6.45, 7) is 6.88. The smallest absolute Gasteiger partial charge is 0.191 e. The number of guanidine groups is 1. The number of nitrogens with zero attached hydrogens (tertiary/aromatic N) is 1. The number of hydrogen-bond acceptors (Lipinski definition) is 4. The fourth-order valence-corrected chi connectivity index (χ4v) is 4.49. The van der Waals surface area contributed by atoms with Gasteiger partial charge in [-0.15, -0.1) is 24.0 Å². The van der Waals surface area contributed by atoms with Gasteiger partial charge in [0.05, 0.1) is 12.1 Å². The first-order chi connectivity index (χ1) is 11.1. The van der Waals surface area contributed by atoms with Gasteiger partial charge < -0.3 is 20.5 Å². The lowest BCUT2D eigenvalue weighted by molar-refractivity contribution is -0.0566. The van der Waals surface area contributed by atoms with Gasteiger partial charge in [0.25, 0.3) is 0 Å². The standard InChI is InChI=1S/C17H33N3O2S.HI/c1-3-18-16(19-13-17(21)8-10-22-11-9-17)20-14-6-5-7-15(12-14)23-4-2;/h14-15,21H,3-13H2,1-2H3,(H2,18,19,20);1H. The molecular formula is C17H34IN3O2S. The van der Waals surface area contributed by atoms with Crippen LogP contribution < -0.4 is 10.6 Å². The summed E-state index contributed by atoms with van der Waals surface area (Å²) in [5.41, 5.74) is -0.701. The van der Waals surface area contributed by atoms with Crippen molar-refractivity contribution < 1.29 is 9.84 Å². The summed E-state index contributed by atoms with van der Waals surface area (Å²) in [5, 5.41) is 18.2. The lowest BCUT2D eigenvalue weighted by Crippen LogP contribution is -2.47. The summed E-state index contributed by atoms with van der Waals surface area (Å²) in [6.07, 6.45) is 6.40. The maximum atomic E-state index is 10.6. The lowest BCUT2D eigenvalue weighted by Gasteiger charge is -2.32. The van der Waals surface area contributed by atoms with Gasteiger partial charge in [-0.3, -0.25) is 4.99 Å². The van der Waals surface area contributed by atoms with Gasteiger partial charge in [-0.25, -0.2) is 0 Å². The van der Waals surface area contributed by atoms with Crippen LogP contribution in [-0.4, -0.2) is 60.0 Å². The highest BCUT2D eigenvalue weighted by Crippen LogP contribution is 2.28. The second-order valence-corrected chi connectivity index (χ2v) is 8.19. The first-order valence-corrected chi connectivity index (χ1v) is 10.2. The Morgan fingerprint density at radius 1 is 1.29 bits per heavy atom. The van der Waals surface area contributed by atoms with E-state index in [-0.39, 0.29) is 24.0 Å². The van der Waals surface area contributed by atoms with Gasteiger partial charge in [0, 0.05) is 43.9 Å². The van der Waals surface area contributed by atoms with Crippen molar-refractivity contribution in [3.63, 3.8) is 0 Å². The molecule has 3 N–H and O–H groups in total. The van der Waals surface area contributed by atoms with E-state index in [1.807, 2.05) is 0 Å². The Kier molecular flexibility index (Phi) is 11.0. The number of nitrogens with one attached hydrogen (secondary N) is 2. The number of thioether (sulfide) groups is 1. The van der Waals surface area contributed by atoms with Crippen molar-refractivity contribution in [3.8, 4) is 0 Å². The van der Waals surface area contributed by atoms with Crippen LogP contribution in [0.25, 0.3) is 0 Å². The Morgan fingerprint density at radius 3 is 2.71 bits per heavy atom. The summed E-state index contributed by atoms with van der Waals surface area (Å²) in [5.74, 6) is 2.04. The van der Waals surface area contributed by atoms with E-state index in [9.17, 15) is 5.11 Å². The number of rotatable bonds is 6. The number of hydrogen-bond donors (Lipinski definition) is 3. The third kappa shape index (κ3) is 7.66. The summed E-state index contributed by atoms with van der Waals surface area (Å²) < 4.78 is 5.33. The van der Waals surface area contributed by atoms with Crippen LogP contribution in [0.3, 0.4) is 0 Å². The zero-order valence-corrected chi connectivity index (χ0v) is 18.2. The average Bonchev–Trinajstić information content (AvgIpc) is 2.54. The molecule has 1 aliphatic heterocycles. The van der Waals surface area contributed by atoms with Crippen molar-refractivity contribution in [2.75, 3.05) is 32.1 Å². The van der Waals surface area contributed by atoms with Crippen molar-refractivity contribution in [1.29, 1.82) is 0 Å². The number of aliphatic imine (C=N–C) groups is 1. The molecule has 2 fully saturated rings. The topological polar surface area (TPSA) is 65.9 Å².